The molecule has 0 bridgehead atoms. The molecule has 0 spiro atoms. The summed E-state index contributed by atoms with van der Waals surface area (Å²) in [4.78, 5) is 23.2. The third-order valence-electron chi connectivity index (χ3n) is 3.04. The zero-order chi connectivity index (χ0) is 13.6. The molecule has 0 radical (unpaired) electrons. The number of aliphatic hydroxyl groups is 1. The van der Waals surface area contributed by atoms with Crippen LogP contribution in [-0.2, 0) is 9.59 Å². The maximum atomic E-state index is 13.2. The Kier molecular flexibility index (Phi) is 2.77. The van der Waals surface area contributed by atoms with E-state index in [4.69, 9.17) is 0 Å². The van der Waals surface area contributed by atoms with Crippen molar-refractivity contribution in [1.82, 2.24) is 0 Å². The van der Waals surface area contributed by atoms with Crippen LogP contribution in [0.2, 0.25) is 0 Å². The highest BCUT2D eigenvalue weighted by Crippen LogP contribution is 2.36. The van der Waals surface area contributed by atoms with Gasteiger partial charge >= 0.3 is 0 Å². The van der Waals surface area contributed by atoms with Crippen molar-refractivity contribution in [2.24, 2.45) is 0 Å². The summed E-state index contributed by atoms with van der Waals surface area (Å²) < 4.78 is 26.3. The van der Waals surface area contributed by atoms with Gasteiger partial charge in [0.05, 0.1) is 0 Å². The van der Waals surface area contributed by atoms with E-state index in [1.54, 1.807) is 0 Å². The Labute approximate surface area is 102 Å². The maximum Gasteiger partial charge on any atom is 0.177 e. The van der Waals surface area contributed by atoms with E-state index in [-0.39, 0.29) is 16.7 Å². The molecule has 2 rings (SSSR count). The van der Waals surface area contributed by atoms with Crippen molar-refractivity contribution in [3.05, 3.63) is 40.5 Å². The lowest BCUT2D eigenvalue weighted by Crippen LogP contribution is -2.24. The maximum absolute atomic E-state index is 13.2. The van der Waals surface area contributed by atoms with E-state index in [0.29, 0.717) is 0 Å². The fourth-order valence-electron chi connectivity index (χ4n) is 2.07. The second kappa shape index (κ2) is 4.01. The van der Waals surface area contributed by atoms with Gasteiger partial charge < -0.3 is 5.11 Å². The summed E-state index contributed by atoms with van der Waals surface area (Å²) in [6.07, 6.45) is 0. The van der Waals surface area contributed by atoms with Gasteiger partial charge in [0.15, 0.2) is 23.2 Å². The number of halogens is 2. The standard InChI is InChI=1S/C13H10F2O3/c1-5-7-3-9(14)10(15)4-8(7)13(18)11(6(2)16)12(5)17/h3-5,18H,1-2H3. The number of hydrogen-bond donors (Lipinski definition) is 1. The lowest BCUT2D eigenvalue weighted by atomic mass is 9.81. The summed E-state index contributed by atoms with van der Waals surface area (Å²) in [7, 11) is 0. The van der Waals surface area contributed by atoms with Crippen molar-refractivity contribution in [1.29, 1.82) is 0 Å². The highest BCUT2D eigenvalue weighted by molar-refractivity contribution is 6.27. The van der Waals surface area contributed by atoms with E-state index in [1.165, 1.54) is 6.92 Å². The molecular formula is C13H10F2O3. The molecule has 94 valence electrons. The number of aliphatic hydroxyl groups excluding tert-OH is 1. The van der Waals surface area contributed by atoms with Crippen LogP contribution in [0.15, 0.2) is 17.7 Å². The van der Waals surface area contributed by atoms with Crippen LogP contribution in [0.4, 0.5) is 8.78 Å². The van der Waals surface area contributed by atoms with Crippen molar-refractivity contribution in [2.75, 3.05) is 0 Å². The highest BCUT2D eigenvalue weighted by Gasteiger charge is 2.34. The molecule has 3 nitrogen and oxygen atoms in total. The Morgan fingerprint density at radius 1 is 1.28 bits per heavy atom. The number of hydrogen-bond acceptors (Lipinski definition) is 3. The summed E-state index contributed by atoms with van der Waals surface area (Å²) in [6, 6.07) is 1.67. The monoisotopic (exact) mass is 252 g/mol. The smallest absolute Gasteiger partial charge is 0.177 e. The average molecular weight is 252 g/mol. The fourth-order valence-corrected chi connectivity index (χ4v) is 2.07. The number of carbonyl (C=O) groups is 2. The normalized spacial score (nSPS) is 18.9. The number of allylic oxidation sites excluding steroid dienone is 1. The van der Waals surface area contributed by atoms with Gasteiger partial charge in [0.25, 0.3) is 0 Å². The summed E-state index contributed by atoms with van der Waals surface area (Å²) >= 11 is 0. The van der Waals surface area contributed by atoms with E-state index < -0.39 is 34.9 Å². The van der Waals surface area contributed by atoms with Gasteiger partial charge in [-0.15, -0.1) is 0 Å². The van der Waals surface area contributed by atoms with Crippen molar-refractivity contribution in [3.63, 3.8) is 0 Å². The molecule has 18 heavy (non-hydrogen) atoms. The first-order valence-electron chi connectivity index (χ1n) is 5.32. The molecule has 5 heteroatoms. The highest BCUT2D eigenvalue weighted by atomic mass is 19.2. The van der Waals surface area contributed by atoms with Crippen molar-refractivity contribution < 1.29 is 23.5 Å². The molecule has 1 aliphatic rings. The summed E-state index contributed by atoms with van der Waals surface area (Å²) in [5, 5.41) is 9.84. The molecule has 0 saturated heterocycles. The molecule has 0 saturated carbocycles. The first-order valence-corrected chi connectivity index (χ1v) is 5.32. The molecule has 0 amide bonds. The Morgan fingerprint density at radius 2 is 1.83 bits per heavy atom. The quantitative estimate of drug-likeness (QED) is 0.781. The fraction of sp³-hybridized carbons (Fsp3) is 0.231. The van der Waals surface area contributed by atoms with E-state index >= 15 is 0 Å². The van der Waals surface area contributed by atoms with Gasteiger partial charge in [-0.25, -0.2) is 8.78 Å². The zero-order valence-electron chi connectivity index (χ0n) is 9.75. The van der Waals surface area contributed by atoms with Gasteiger partial charge in [-0.3, -0.25) is 9.59 Å². The molecule has 0 aliphatic heterocycles. The average Bonchev–Trinajstić information content (AvgIpc) is 2.29. The SMILES string of the molecule is CC(=O)C1=C(O)c2cc(F)c(F)cc2C(C)C1=O. The van der Waals surface area contributed by atoms with Crippen LogP contribution in [-0.4, -0.2) is 16.7 Å². The van der Waals surface area contributed by atoms with Gasteiger partial charge in [-0.05, 0) is 24.6 Å². The van der Waals surface area contributed by atoms with Crippen LogP contribution < -0.4 is 0 Å². The van der Waals surface area contributed by atoms with E-state index in [2.05, 4.69) is 0 Å². The molecule has 1 atom stereocenters. The van der Waals surface area contributed by atoms with E-state index in [0.717, 1.165) is 19.1 Å². The second-order valence-corrected chi connectivity index (χ2v) is 4.22. The van der Waals surface area contributed by atoms with Crippen molar-refractivity contribution >= 4 is 17.3 Å². The number of carbonyl (C=O) groups excluding carboxylic acids is 2. The van der Waals surface area contributed by atoms with Gasteiger partial charge in [0.2, 0.25) is 0 Å². The Balaban J connectivity index is 2.79. The lowest BCUT2D eigenvalue weighted by Gasteiger charge is -2.22. The molecule has 1 aromatic carbocycles. The molecular weight excluding hydrogens is 242 g/mol. The minimum Gasteiger partial charge on any atom is -0.506 e. The number of ketones is 2. The predicted octanol–water partition coefficient (Wildman–Crippen LogP) is 2.51. The summed E-state index contributed by atoms with van der Waals surface area (Å²) in [6.45, 7) is 2.62. The largest absolute Gasteiger partial charge is 0.506 e. The molecule has 1 aliphatic carbocycles. The minimum absolute atomic E-state index is 0.00815. The van der Waals surface area contributed by atoms with Crippen molar-refractivity contribution in [3.8, 4) is 0 Å². The summed E-state index contributed by atoms with van der Waals surface area (Å²) in [5.41, 5.74) is -0.186. The van der Waals surface area contributed by atoms with Gasteiger partial charge in [-0.2, -0.15) is 0 Å². The van der Waals surface area contributed by atoms with Gasteiger partial charge in [0, 0.05) is 11.5 Å². The predicted molar refractivity (Wildman–Crippen MR) is 60.0 cm³/mol. The molecule has 0 fully saturated rings. The van der Waals surface area contributed by atoms with Crippen LogP contribution in [0.1, 0.15) is 30.9 Å². The third kappa shape index (κ3) is 1.63. The third-order valence-corrected chi connectivity index (χ3v) is 3.04. The first kappa shape index (κ1) is 12.4. The number of benzene rings is 1. The number of fused-ring (bicyclic) bond motifs is 1. The number of Topliss-reactive ketones (excluding diaryl/α,β-unsaturated/α-hetero) is 2. The zero-order valence-corrected chi connectivity index (χ0v) is 9.75. The first-order chi connectivity index (χ1) is 8.34. The molecule has 1 aromatic rings. The Morgan fingerprint density at radius 3 is 2.39 bits per heavy atom. The van der Waals surface area contributed by atoms with Crippen LogP contribution in [0.3, 0.4) is 0 Å². The lowest BCUT2D eigenvalue weighted by molar-refractivity contribution is -0.121. The van der Waals surface area contributed by atoms with Crippen LogP contribution >= 0.6 is 0 Å². The summed E-state index contributed by atoms with van der Waals surface area (Å²) in [5.74, 6) is -4.78. The molecule has 1 N–H and O–H groups in total. The van der Waals surface area contributed by atoms with Crippen LogP contribution in [0.25, 0.3) is 5.76 Å². The van der Waals surface area contributed by atoms with Crippen molar-refractivity contribution in [2.45, 2.75) is 19.8 Å². The van der Waals surface area contributed by atoms with E-state index in [1.807, 2.05) is 0 Å². The second-order valence-electron chi connectivity index (χ2n) is 4.22. The molecule has 1 unspecified atom stereocenters. The Hall–Kier alpha value is -2.04. The van der Waals surface area contributed by atoms with Crippen LogP contribution in [0, 0.1) is 11.6 Å². The Bertz CT molecular complexity index is 602. The van der Waals surface area contributed by atoms with E-state index in [9.17, 15) is 23.5 Å². The topological polar surface area (TPSA) is 54.4 Å². The molecule has 0 heterocycles. The van der Waals surface area contributed by atoms with Crippen LogP contribution in [0.5, 0.6) is 0 Å². The van der Waals surface area contributed by atoms with Gasteiger partial charge in [-0.1, -0.05) is 6.92 Å². The molecule has 0 aromatic heterocycles. The van der Waals surface area contributed by atoms with Gasteiger partial charge in [0.1, 0.15) is 11.3 Å². The minimum atomic E-state index is -1.13. The number of rotatable bonds is 1.